The zero-order chi connectivity index (χ0) is 11.1. The molecule has 1 aromatic rings. The number of carbonyl (C=O) groups excluding carboxylic acids is 1. The Kier molecular flexibility index (Phi) is 4.70. The van der Waals surface area contributed by atoms with Gasteiger partial charge in [-0.05, 0) is 13.0 Å². The van der Waals surface area contributed by atoms with Gasteiger partial charge in [0.1, 0.15) is 0 Å². The largest absolute Gasteiger partial charge is 0.479 e. The Hall–Kier alpha value is -1.49. The van der Waals surface area contributed by atoms with Crippen LogP contribution in [0.5, 0.6) is 5.88 Å². The molecule has 0 radical (unpaired) electrons. The van der Waals surface area contributed by atoms with Gasteiger partial charge in [0.2, 0.25) is 5.88 Å². The monoisotopic (exact) mass is 209 g/mol. The van der Waals surface area contributed by atoms with Crippen molar-refractivity contribution in [3.05, 3.63) is 18.1 Å². The quantitative estimate of drug-likeness (QED) is 0.551. The summed E-state index contributed by atoms with van der Waals surface area (Å²) < 4.78 is 4.95. The maximum Gasteiger partial charge on any atom is 0.243 e. The van der Waals surface area contributed by atoms with Crippen molar-refractivity contribution >= 4 is 5.78 Å². The first-order chi connectivity index (χ1) is 7.29. The van der Waals surface area contributed by atoms with Gasteiger partial charge in [-0.1, -0.05) is 6.92 Å². The summed E-state index contributed by atoms with van der Waals surface area (Å²) in [6.07, 6.45) is 3.97. The molecule has 0 bridgehead atoms. The van der Waals surface area contributed by atoms with Crippen molar-refractivity contribution in [1.82, 2.24) is 15.3 Å². The van der Waals surface area contributed by atoms with Crippen LogP contribution < -0.4 is 10.1 Å². The molecule has 0 amide bonds. The van der Waals surface area contributed by atoms with Crippen molar-refractivity contribution in [2.75, 3.05) is 20.2 Å². The van der Waals surface area contributed by atoms with E-state index < -0.39 is 0 Å². The number of carbonyl (C=O) groups is 1. The number of nitrogens with one attached hydrogen (secondary N) is 1. The molecule has 0 unspecified atom stereocenters. The summed E-state index contributed by atoms with van der Waals surface area (Å²) in [6.45, 7) is 3.12. The lowest BCUT2D eigenvalue weighted by Crippen LogP contribution is -2.24. The van der Waals surface area contributed by atoms with E-state index >= 15 is 0 Å². The number of rotatable bonds is 6. The lowest BCUT2D eigenvalue weighted by atomic mass is 10.3. The fraction of sp³-hybridized carbons (Fsp3) is 0.500. The molecule has 0 saturated heterocycles. The summed E-state index contributed by atoms with van der Waals surface area (Å²) in [6, 6.07) is 0. The summed E-state index contributed by atoms with van der Waals surface area (Å²) in [7, 11) is 1.47. The Balaban J connectivity index is 2.64. The van der Waals surface area contributed by atoms with Crippen LogP contribution in [0.1, 0.15) is 23.8 Å². The number of ether oxygens (including phenoxy) is 1. The zero-order valence-electron chi connectivity index (χ0n) is 8.99. The Morgan fingerprint density at radius 1 is 1.47 bits per heavy atom. The van der Waals surface area contributed by atoms with E-state index in [1.54, 1.807) is 0 Å². The predicted molar refractivity (Wildman–Crippen MR) is 56.1 cm³/mol. The van der Waals surface area contributed by atoms with Crippen LogP contribution in [0.3, 0.4) is 0 Å². The first kappa shape index (κ1) is 11.6. The molecule has 82 valence electrons. The molecule has 1 heterocycles. The molecule has 0 aliphatic rings. The molecule has 15 heavy (non-hydrogen) atoms. The fourth-order valence-corrected chi connectivity index (χ4v) is 1.13. The van der Waals surface area contributed by atoms with Crippen LogP contribution in [0.2, 0.25) is 0 Å². The Morgan fingerprint density at radius 2 is 2.20 bits per heavy atom. The number of nitrogens with zero attached hydrogens (tertiary/aromatic N) is 2. The molecule has 0 aliphatic heterocycles. The Bertz CT molecular complexity index is 328. The van der Waals surface area contributed by atoms with Crippen molar-refractivity contribution in [2.24, 2.45) is 0 Å². The molecule has 0 spiro atoms. The van der Waals surface area contributed by atoms with Gasteiger partial charge in [0, 0.05) is 12.4 Å². The van der Waals surface area contributed by atoms with Crippen molar-refractivity contribution in [2.45, 2.75) is 13.3 Å². The van der Waals surface area contributed by atoms with E-state index in [0.29, 0.717) is 0 Å². The average molecular weight is 209 g/mol. The maximum atomic E-state index is 11.7. The molecular formula is C10H15N3O2. The third-order valence-electron chi connectivity index (χ3n) is 1.83. The van der Waals surface area contributed by atoms with Crippen molar-refractivity contribution < 1.29 is 9.53 Å². The maximum absolute atomic E-state index is 11.7. The van der Waals surface area contributed by atoms with Gasteiger partial charge in [0.15, 0.2) is 11.5 Å². The first-order valence-corrected chi connectivity index (χ1v) is 4.88. The number of ketones is 1. The van der Waals surface area contributed by atoms with Crippen LogP contribution in [-0.2, 0) is 0 Å². The number of hydrogen-bond donors (Lipinski definition) is 1. The van der Waals surface area contributed by atoms with Gasteiger partial charge in [-0.25, -0.2) is 9.97 Å². The van der Waals surface area contributed by atoms with Crippen LogP contribution in [0.25, 0.3) is 0 Å². The SMILES string of the molecule is CCCNCC(=O)c1nccnc1OC. The molecule has 0 saturated carbocycles. The van der Waals surface area contributed by atoms with Gasteiger partial charge in [0.25, 0.3) is 0 Å². The van der Waals surface area contributed by atoms with Gasteiger partial charge >= 0.3 is 0 Å². The number of aromatic nitrogens is 2. The molecule has 1 rings (SSSR count). The van der Waals surface area contributed by atoms with E-state index in [2.05, 4.69) is 15.3 Å². The Labute approximate surface area is 88.9 Å². The lowest BCUT2D eigenvalue weighted by Gasteiger charge is -2.05. The normalized spacial score (nSPS) is 10.0. The van der Waals surface area contributed by atoms with E-state index in [1.807, 2.05) is 6.92 Å². The van der Waals surface area contributed by atoms with Crippen LogP contribution in [0.15, 0.2) is 12.4 Å². The summed E-state index contributed by atoms with van der Waals surface area (Å²) in [4.78, 5) is 19.5. The van der Waals surface area contributed by atoms with Gasteiger partial charge < -0.3 is 10.1 Å². The van der Waals surface area contributed by atoms with E-state index in [-0.39, 0.29) is 23.9 Å². The molecular weight excluding hydrogens is 194 g/mol. The minimum atomic E-state index is -0.103. The van der Waals surface area contributed by atoms with E-state index in [1.165, 1.54) is 19.5 Å². The summed E-state index contributed by atoms with van der Waals surface area (Å²) in [5, 5.41) is 3.01. The average Bonchev–Trinajstić information content (AvgIpc) is 2.29. The molecule has 0 aromatic carbocycles. The minimum Gasteiger partial charge on any atom is -0.479 e. The van der Waals surface area contributed by atoms with Gasteiger partial charge in [-0.3, -0.25) is 4.79 Å². The molecule has 0 aliphatic carbocycles. The van der Waals surface area contributed by atoms with Crippen LogP contribution >= 0.6 is 0 Å². The van der Waals surface area contributed by atoms with Gasteiger partial charge in [-0.15, -0.1) is 0 Å². The van der Waals surface area contributed by atoms with Crippen LogP contribution in [0, 0.1) is 0 Å². The predicted octanol–water partition coefficient (Wildman–Crippen LogP) is 0.667. The second kappa shape index (κ2) is 6.08. The highest BCUT2D eigenvalue weighted by Crippen LogP contribution is 2.10. The van der Waals surface area contributed by atoms with E-state index in [0.717, 1.165) is 13.0 Å². The first-order valence-electron chi connectivity index (χ1n) is 4.88. The van der Waals surface area contributed by atoms with Crippen molar-refractivity contribution in [3.8, 4) is 5.88 Å². The molecule has 1 N–H and O–H groups in total. The highest BCUT2D eigenvalue weighted by atomic mass is 16.5. The fourth-order valence-electron chi connectivity index (χ4n) is 1.13. The smallest absolute Gasteiger partial charge is 0.243 e. The molecule has 0 fully saturated rings. The standard InChI is InChI=1S/C10H15N3O2/c1-3-4-11-7-8(14)9-10(15-2)13-6-5-12-9/h5-6,11H,3-4,7H2,1-2H3. The van der Waals surface area contributed by atoms with Crippen LogP contribution in [-0.4, -0.2) is 36.0 Å². The van der Waals surface area contributed by atoms with Gasteiger partial charge in [0.05, 0.1) is 13.7 Å². The third kappa shape index (κ3) is 3.28. The minimum absolute atomic E-state index is 0.103. The molecule has 5 heteroatoms. The summed E-state index contributed by atoms with van der Waals surface area (Å²) >= 11 is 0. The third-order valence-corrected chi connectivity index (χ3v) is 1.83. The van der Waals surface area contributed by atoms with Crippen molar-refractivity contribution in [1.29, 1.82) is 0 Å². The zero-order valence-corrected chi connectivity index (χ0v) is 8.99. The second-order valence-electron chi connectivity index (χ2n) is 3.01. The summed E-state index contributed by atoms with van der Waals surface area (Å²) in [5.41, 5.74) is 0.281. The second-order valence-corrected chi connectivity index (χ2v) is 3.01. The number of hydrogen-bond acceptors (Lipinski definition) is 5. The highest BCUT2D eigenvalue weighted by molar-refractivity contribution is 5.97. The molecule has 5 nitrogen and oxygen atoms in total. The lowest BCUT2D eigenvalue weighted by molar-refractivity contribution is 0.0982. The highest BCUT2D eigenvalue weighted by Gasteiger charge is 2.13. The van der Waals surface area contributed by atoms with E-state index in [9.17, 15) is 4.79 Å². The van der Waals surface area contributed by atoms with Gasteiger partial charge in [-0.2, -0.15) is 0 Å². The summed E-state index contributed by atoms with van der Waals surface area (Å²) in [5.74, 6) is 0.175. The van der Waals surface area contributed by atoms with Crippen LogP contribution in [0.4, 0.5) is 0 Å². The van der Waals surface area contributed by atoms with Crippen molar-refractivity contribution in [3.63, 3.8) is 0 Å². The number of Topliss-reactive ketones (excluding diaryl/α,β-unsaturated/α-hetero) is 1. The van der Waals surface area contributed by atoms with E-state index in [4.69, 9.17) is 4.74 Å². The topological polar surface area (TPSA) is 64.1 Å². The number of methoxy groups -OCH3 is 1. The Morgan fingerprint density at radius 3 is 2.87 bits per heavy atom. The molecule has 1 aromatic heterocycles. The molecule has 0 atom stereocenters.